The summed E-state index contributed by atoms with van der Waals surface area (Å²) in [5, 5.41) is 14.1. The Morgan fingerprint density at radius 3 is 2.71 bits per heavy atom. The fourth-order valence-corrected chi connectivity index (χ4v) is 2.65. The number of nitrogens with two attached hydrogens (primary N) is 1. The van der Waals surface area contributed by atoms with E-state index >= 15 is 0 Å². The van der Waals surface area contributed by atoms with E-state index in [1.165, 1.54) is 0 Å². The molecule has 0 saturated carbocycles. The average Bonchev–Trinajstić information content (AvgIpc) is 2.73. The van der Waals surface area contributed by atoms with E-state index in [9.17, 15) is 9.90 Å². The number of quaternary nitrogens is 1. The molecule has 1 aliphatic rings. The van der Waals surface area contributed by atoms with Crippen molar-refractivity contribution < 1.29 is 15.2 Å². The van der Waals surface area contributed by atoms with Crippen molar-refractivity contribution in [2.24, 2.45) is 0 Å². The lowest BCUT2D eigenvalue weighted by Crippen LogP contribution is -2.97. The van der Waals surface area contributed by atoms with Crippen LogP contribution in [0.1, 0.15) is 18.4 Å². The van der Waals surface area contributed by atoms with Gasteiger partial charge in [-0.15, -0.1) is 0 Å². The Kier molecular flexibility index (Phi) is 3.61. The molecular weight excluding hydrogens is 261 g/mol. The van der Waals surface area contributed by atoms with E-state index in [0.29, 0.717) is 22.9 Å². The first-order valence-electron chi connectivity index (χ1n) is 5.53. The molecule has 0 aliphatic carbocycles. The van der Waals surface area contributed by atoms with Gasteiger partial charge < -0.3 is 15.2 Å². The Morgan fingerprint density at radius 1 is 1.41 bits per heavy atom. The van der Waals surface area contributed by atoms with Crippen LogP contribution in [0, 0.1) is 0 Å². The van der Waals surface area contributed by atoms with Gasteiger partial charge in [0, 0.05) is 19.3 Å². The van der Waals surface area contributed by atoms with Crippen LogP contribution in [0.15, 0.2) is 18.2 Å². The number of hydrogen-bond donors (Lipinski definition) is 1. The van der Waals surface area contributed by atoms with Crippen molar-refractivity contribution in [3.8, 4) is 0 Å². The summed E-state index contributed by atoms with van der Waals surface area (Å²) >= 11 is 11.7. The zero-order valence-electron chi connectivity index (χ0n) is 9.21. The van der Waals surface area contributed by atoms with Crippen LogP contribution in [-0.2, 0) is 11.2 Å². The fraction of sp³-hybridized carbons (Fsp3) is 0.417. The van der Waals surface area contributed by atoms with Gasteiger partial charge in [0.1, 0.15) is 11.5 Å². The summed E-state index contributed by atoms with van der Waals surface area (Å²) in [5.41, 5.74) is 0.0405. The molecule has 5 heteroatoms. The lowest BCUT2D eigenvalue weighted by molar-refractivity contribution is -0.700. The van der Waals surface area contributed by atoms with E-state index in [1.807, 2.05) is 11.4 Å². The van der Waals surface area contributed by atoms with Gasteiger partial charge in [0.05, 0.1) is 16.6 Å². The minimum Gasteiger partial charge on any atom is -0.544 e. The van der Waals surface area contributed by atoms with Gasteiger partial charge in [-0.25, -0.2) is 0 Å². The van der Waals surface area contributed by atoms with Gasteiger partial charge in [-0.1, -0.05) is 29.3 Å². The largest absolute Gasteiger partial charge is 0.544 e. The summed E-state index contributed by atoms with van der Waals surface area (Å²) in [5.74, 6) is -0.999. The Morgan fingerprint density at radius 2 is 2.18 bits per heavy atom. The Hall–Kier alpha value is -0.770. The van der Waals surface area contributed by atoms with Gasteiger partial charge >= 0.3 is 0 Å². The number of carbonyl (C=O) groups is 1. The highest BCUT2D eigenvalue weighted by atomic mass is 35.5. The average molecular weight is 274 g/mol. The van der Waals surface area contributed by atoms with Crippen molar-refractivity contribution >= 4 is 29.2 Å². The topological polar surface area (TPSA) is 56.7 Å². The molecule has 1 saturated heterocycles. The van der Waals surface area contributed by atoms with Crippen LogP contribution in [-0.4, -0.2) is 18.1 Å². The molecule has 1 heterocycles. The van der Waals surface area contributed by atoms with E-state index in [-0.39, 0.29) is 0 Å². The lowest BCUT2D eigenvalue weighted by atomic mass is 9.89. The van der Waals surface area contributed by atoms with E-state index < -0.39 is 11.5 Å². The molecule has 0 bridgehead atoms. The van der Waals surface area contributed by atoms with E-state index in [2.05, 4.69) is 0 Å². The second kappa shape index (κ2) is 4.84. The van der Waals surface area contributed by atoms with Crippen molar-refractivity contribution in [2.75, 3.05) is 6.54 Å². The van der Waals surface area contributed by atoms with Crippen molar-refractivity contribution in [3.63, 3.8) is 0 Å². The summed E-state index contributed by atoms with van der Waals surface area (Å²) in [6.07, 6.45) is 1.96. The van der Waals surface area contributed by atoms with Gasteiger partial charge in [0.15, 0.2) is 0 Å². The molecule has 0 aromatic heterocycles. The number of halogens is 2. The third kappa shape index (κ3) is 2.57. The monoisotopic (exact) mass is 273 g/mol. The molecule has 1 aliphatic heterocycles. The second-order valence-corrected chi connectivity index (χ2v) is 5.28. The molecule has 1 fully saturated rings. The first-order chi connectivity index (χ1) is 8.03. The number of carbonyl (C=O) groups excluding carboxylic acids is 1. The first-order valence-corrected chi connectivity index (χ1v) is 6.29. The van der Waals surface area contributed by atoms with Crippen molar-refractivity contribution in [1.29, 1.82) is 0 Å². The van der Waals surface area contributed by atoms with Crippen molar-refractivity contribution in [3.05, 3.63) is 33.8 Å². The maximum Gasteiger partial charge on any atom is 0.140 e. The highest BCUT2D eigenvalue weighted by molar-refractivity contribution is 6.42. The van der Waals surface area contributed by atoms with E-state index in [0.717, 1.165) is 18.5 Å². The summed E-state index contributed by atoms with van der Waals surface area (Å²) in [6, 6.07) is 5.23. The molecule has 3 nitrogen and oxygen atoms in total. The molecular formula is C12H13Cl2NO2. The molecule has 0 spiro atoms. The Balaban J connectivity index is 2.23. The minimum absolute atomic E-state index is 0.423. The molecule has 0 unspecified atom stereocenters. The van der Waals surface area contributed by atoms with Gasteiger partial charge in [0.25, 0.3) is 0 Å². The predicted octanol–water partition coefficient (Wildman–Crippen LogP) is 0.382. The van der Waals surface area contributed by atoms with Crippen LogP contribution in [0.3, 0.4) is 0 Å². The molecule has 17 heavy (non-hydrogen) atoms. The highest BCUT2D eigenvalue weighted by Gasteiger charge is 2.39. The summed E-state index contributed by atoms with van der Waals surface area (Å²) in [4.78, 5) is 11.3. The number of hydrogen-bond acceptors (Lipinski definition) is 2. The third-order valence-corrected chi connectivity index (χ3v) is 4.01. The first kappa shape index (κ1) is 12.7. The predicted molar refractivity (Wildman–Crippen MR) is 63.9 cm³/mol. The molecule has 92 valence electrons. The number of aliphatic carboxylic acids is 1. The van der Waals surface area contributed by atoms with Gasteiger partial charge in [-0.05, 0) is 17.7 Å². The van der Waals surface area contributed by atoms with Crippen LogP contribution in [0.4, 0.5) is 0 Å². The molecule has 1 aromatic carbocycles. The van der Waals surface area contributed by atoms with Crippen molar-refractivity contribution in [2.45, 2.75) is 24.8 Å². The highest BCUT2D eigenvalue weighted by Crippen LogP contribution is 2.25. The number of rotatable bonds is 3. The van der Waals surface area contributed by atoms with Crippen LogP contribution < -0.4 is 10.4 Å². The molecule has 2 rings (SSSR count). The summed E-state index contributed by atoms with van der Waals surface area (Å²) < 4.78 is 0. The molecule has 1 atom stereocenters. The summed E-state index contributed by atoms with van der Waals surface area (Å²) in [6.45, 7) is 0.829. The SMILES string of the molecule is O=C([O-])[C@]1(Cc2ccc(Cl)c(Cl)c2)CCC[NH2+]1. The lowest BCUT2D eigenvalue weighted by Gasteiger charge is -2.27. The van der Waals surface area contributed by atoms with Crippen molar-refractivity contribution in [1.82, 2.24) is 0 Å². The normalized spacial score (nSPS) is 23.9. The molecule has 0 radical (unpaired) electrons. The number of carboxylic acids is 1. The number of benzene rings is 1. The smallest absolute Gasteiger partial charge is 0.140 e. The zero-order valence-corrected chi connectivity index (χ0v) is 10.7. The maximum atomic E-state index is 11.3. The summed E-state index contributed by atoms with van der Waals surface area (Å²) in [7, 11) is 0. The van der Waals surface area contributed by atoms with Gasteiger partial charge in [-0.2, -0.15) is 0 Å². The van der Waals surface area contributed by atoms with Crippen LogP contribution in [0.5, 0.6) is 0 Å². The quantitative estimate of drug-likeness (QED) is 0.866. The minimum atomic E-state index is -0.999. The Bertz CT molecular complexity index is 442. The van der Waals surface area contributed by atoms with Gasteiger partial charge in [-0.3, -0.25) is 0 Å². The van der Waals surface area contributed by atoms with E-state index in [4.69, 9.17) is 23.2 Å². The maximum absolute atomic E-state index is 11.3. The molecule has 2 N–H and O–H groups in total. The van der Waals surface area contributed by atoms with Gasteiger partial charge in [0.2, 0.25) is 0 Å². The zero-order chi connectivity index (χ0) is 12.5. The van der Waals surface area contributed by atoms with E-state index in [1.54, 1.807) is 12.1 Å². The molecule has 1 aromatic rings. The van der Waals surface area contributed by atoms with Crippen LogP contribution >= 0.6 is 23.2 Å². The fourth-order valence-electron chi connectivity index (χ4n) is 2.33. The standard InChI is InChI=1S/C12H13Cl2NO2/c13-9-3-2-8(6-10(9)14)7-12(11(16)17)4-1-5-15-12/h2-3,6,15H,1,4-5,7H2,(H,16,17)/t12-/m1/s1. The second-order valence-electron chi connectivity index (χ2n) is 4.47. The number of carboxylic acid groups (broad SMARTS) is 1. The Labute approximate surface area is 110 Å². The van der Waals surface area contributed by atoms with Crippen LogP contribution in [0.2, 0.25) is 10.0 Å². The third-order valence-electron chi connectivity index (χ3n) is 3.27. The molecule has 0 amide bonds. The van der Waals surface area contributed by atoms with Crippen LogP contribution in [0.25, 0.3) is 0 Å².